The minimum Gasteiger partial charge on any atom is -0.391 e. The molecule has 2 fully saturated rings. The summed E-state index contributed by atoms with van der Waals surface area (Å²) in [6.45, 7) is 9.20. The molecule has 1 saturated heterocycles. The fourth-order valence-corrected chi connectivity index (χ4v) is 5.56. The second-order valence-corrected chi connectivity index (χ2v) is 9.27. The van der Waals surface area contributed by atoms with E-state index in [1.807, 2.05) is 13.8 Å². The normalized spacial score (nSPS) is 25.2. The highest BCUT2D eigenvalue weighted by atomic mass is 16.5. The summed E-state index contributed by atoms with van der Waals surface area (Å²) in [6, 6.07) is -0.236. The number of ether oxygens (including phenoxy) is 1. The van der Waals surface area contributed by atoms with Gasteiger partial charge < -0.3 is 21.3 Å². The van der Waals surface area contributed by atoms with Crippen LogP contribution >= 0.6 is 0 Å². The average Bonchev–Trinajstić information content (AvgIpc) is 2.68. The van der Waals surface area contributed by atoms with Crippen molar-refractivity contribution in [1.82, 2.24) is 4.90 Å². The monoisotopic (exact) mass is 397 g/mol. The molecule has 5 atom stereocenters. The van der Waals surface area contributed by atoms with Gasteiger partial charge in [-0.3, -0.25) is 9.69 Å². The Kier molecular flexibility index (Phi) is 9.67. The van der Waals surface area contributed by atoms with Gasteiger partial charge in [0.25, 0.3) is 0 Å². The molecule has 0 aromatic rings. The topological polar surface area (TPSA) is 102 Å². The van der Waals surface area contributed by atoms with Gasteiger partial charge >= 0.3 is 0 Å². The SMILES string of the molecule is CCC(C(C(O)C(N)CC1CCCCC1)C(C(N)=O)C(C)C)N1CCOCC1. The van der Waals surface area contributed by atoms with Crippen LogP contribution in [0, 0.1) is 23.7 Å². The summed E-state index contributed by atoms with van der Waals surface area (Å²) in [7, 11) is 0. The summed E-state index contributed by atoms with van der Waals surface area (Å²) in [5.74, 6) is -0.308. The summed E-state index contributed by atoms with van der Waals surface area (Å²) in [4.78, 5) is 14.8. The van der Waals surface area contributed by atoms with Gasteiger partial charge in [0.05, 0.1) is 19.3 Å². The molecule has 1 aliphatic carbocycles. The maximum atomic E-state index is 12.4. The molecule has 164 valence electrons. The third-order valence-electron chi connectivity index (χ3n) is 7.00. The maximum Gasteiger partial charge on any atom is 0.221 e. The van der Waals surface area contributed by atoms with E-state index in [-0.39, 0.29) is 35.7 Å². The number of hydrogen-bond acceptors (Lipinski definition) is 5. The molecule has 0 radical (unpaired) electrons. The molecule has 2 rings (SSSR count). The quantitative estimate of drug-likeness (QED) is 0.524. The van der Waals surface area contributed by atoms with Gasteiger partial charge in [0.2, 0.25) is 5.91 Å². The summed E-state index contributed by atoms with van der Waals surface area (Å²) in [6.07, 6.45) is 7.20. The Labute approximate surface area is 171 Å². The van der Waals surface area contributed by atoms with Gasteiger partial charge in [-0.05, 0) is 24.7 Å². The van der Waals surface area contributed by atoms with E-state index in [1.54, 1.807) is 0 Å². The van der Waals surface area contributed by atoms with Gasteiger partial charge in [0.15, 0.2) is 0 Å². The van der Waals surface area contributed by atoms with E-state index in [0.29, 0.717) is 19.1 Å². The van der Waals surface area contributed by atoms with Crippen molar-refractivity contribution < 1.29 is 14.6 Å². The van der Waals surface area contributed by atoms with Crippen LogP contribution in [0.3, 0.4) is 0 Å². The lowest BCUT2D eigenvalue weighted by Gasteiger charge is -2.45. The minimum atomic E-state index is -0.727. The number of morpholine rings is 1. The Balaban J connectivity index is 2.22. The van der Waals surface area contributed by atoms with Gasteiger partial charge in [-0.25, -0.2) is 0 Å². The van der Waals surface area contributed by atoms with E-state index in [9.17, 15) is 9.90 Å². The molecular formula is C22H43N3O3. The fourth-order valence-electron chi connectivity index (χ4n) is 5.56. The molecule has 0 aromatic carbocycles. The Morgan fingerprint density at radius 3 is 2.29 bits per heavy atom. The van der Waals surface area contributed by atoms with Crippen molar-refractivity contribution in [2.24, 2.45) is 35.1 Å². The van der Waals surface area contributed by atoms with Crippen molar-refractivity contribution in [3.63, 3.8) is 0 Å². The summed E-state index contributed by atoms with van der Waals surface area (Å²) in [5.41, 5.74) is 12.4. The number of carbonyl (C=O) groups is 1. The molecule has 1 saturated carbocycles. The lowest BCUT2D eigenvalue weighted by molar-refractivity contribution is -0.131. The van der Waals surface area contributed by atoms with E-state index < -0.39 is 6.10 Å². The molecule has 1 amide bonds. The third kappa shape index (κ3) is 6.15. The van der Waals surface area contributed by atoms with Gasteiger partial charge in [-0.1, -0.05) is 52.9 Å². The molecule has 5 N–H and O–H groups in total. The average molecular weight is 398 g/mol. The van der Waals surface area contributed by atoms with Crippen LogP contribution in [-0.2, 0) is 9.53 Å². The van der Waals surface area contributed by atoms with Crippen LogP contribution in [0.5, 0.6) is 0 Å². The van der Waals surface area contributed by atoms with Gasteiger partial charge in [0, 0.05) is 37.0 Å². The highest BCUT2D eigenvalue weighted by Gasteiger charge is 2.43. The molecule has 0 aromatic heterocycles. The van der Waals surface area contributed by atoms with Crippen molar-refractivity contribution in [2.75, 3.05) is 26.3 Å². The molecule has 1 heterocycles. The van der Waals surface area contributed by atoms with Crippen LogP contribution in [0.15, 0.2) is 0 Å². The molecule has 1 aliphatic heterocycles. The number of aliphatic hydroxyl groups is 1. The highest BCUT2D eigenvalue weighted by molar-refractivity contribution is 5.77. The highest BCUT2D eigenvalue weighted by Crippen LogP contribution is 2.35. The van der Waals surface area contributed by atoms with E-state index in [1.165, 1.54) is 32.1 Å². The molecule has 0 bridgehead atoms. The number of hydrogen-bond donors (Lipinski definition) is 3. The summed E-state index contributed by atoms with van der Waals surface area (Å²) < 4.78 is 5.52. The van der Waals surface area contributed by atoms with E-state index in [0.717, 1.165) is 25.9 Å². The Morgan fingerprint density at radius 1 is 1.18 bits per heavy atom. The Bertz CT molecular complexity index is 462. The summed E-state index contributed by atoms with van der Waals surface area (Å²) in [5, 5.41) is 11.4. The molecule has 6 heteroatoms. The first-order valence-corrected chi connectivity index (χ1v) is 11.4. The van der Waals surface area contributed by atoms with Gasteiger partial charge in [-0.2, -0.15) is 0 Å². The molecule has 28 heavy (non-hydrogen) atoms. The van der Waals surface area contributed by atoms with E-state index >= 15 is 0 Å². The van der Waals surface area contributed by atoms with Crippen LogP contribution in [0.4, 0.5) is 0 Å². The van der Waals surface area contributed by atoms with Crippen molar-refractivity contribution in [2.45, 2.75) is 83.9 Å². The van der Waals surface area contributed by atoms with Crippen LogP contribution in [0.1, 0.15) is 65.7 Å². The molecule has 6 nitrogen and oxygen atoms in total. The van der Waals surface area contributed by atoms with Crippen LogP contribution in [-0.4, -0.2) is 60.4 Å². The second kappa shape index (κ2) is 11.5. The summed E-state index contributed by atoms with van der Waals surface area (Å²) >= 11 is 0. The number of amides is 1. The van der Waals surface area contributed by atoms with Crippen LogP contribution < -0.4 is 11.5 Å². The second-order valence-electron chi connectivity index (χ2n) is 9.27. The predicted octanol–water partition coefficient (Wildman–Crippen LogP) is 2.13. The number of aliphatic hydroxyl groups excluding tert-OH is 1. The first-order chi connectivity index (χ1) is 13.4. The maximum absolute atomic E-state index is 12.4. The minimum absolute atomic E-state index is 0.0640. The van der Waals surface area contributed by atoms with Gasteiger partial charge in [0.1, 0.15) is 0 Å². The fraction of sp³-hybridized carbons (Fsp3) is 0.955. The first kappa shape index (κ1) is 23.6. The zero-order valence-electron chi connectivity index (χ0n) is 18.2. The molecule has 0 spiro atoms. The van der Waals surface area contributed by atoms with Crippen molar-refractivity contribution in [3.05, 3.63) is 0 Å². The predicted molar refractivity (Wildman–Crippen MR) is 113 cm³/mol. The third-order valence-corrected chi connectivity index (χ3v) is 7.00. The number of primary amides is 1. The lowest BCUT2D eigenvalue weighted by Crippen LogP contribution is -2.58. The number of carbonyl (C=O) groups excluding carboxylic acids is 1. The largest absolute Gasteiger partial charge is 0.391 e. The number of nitrogens with zero attached hydrogens (tertiary/aromatic N) is 1. The Hall–Kier alpha value is -0.690. The smallest absolute Gasteiger partial charge is 0.221 e. The van der Waals surface area contributed by atoms with Gasteiger partial charge in [-0.15, -0.1) is 0 Å². The lowest BCUT2D eigenvalue weighted by atomic mass is 9.71. The zero-order valence-corrected chi connectivity index (χ0v) is 18.2. The standard InChI is InChI=1S/C22H43N3O3/c1-4-18(25-10-12-28-13-11-25)20(19(15(2)3)22(24)27)21(26)17(23)14-16-8-6-5-7-9-16/h15-21,26H,4-14,23H2,1-3H3,(H2,24,27). The molecular weight excluding hydrogens is 354 g/mol. The zero-order chi connectivity index (χ0) is 20.7. The van der Waals surface area contributed by atoms with E-state index in [4.69, 9.17) is 16.2 Å². The first-order valence-electron chi connectivity index (χ1n) is 11.4. The van der Waals surface area contributed by atoms with Crippen LogP contribution in [0.25, 0.3) is 0 Å². The van der Waals surface area contributed by atoms with Crippen LogP contribution in [0.2, 0.25) is 0 Å². The molecule has 2 aliphatic rings. The van der Waals surface area contributed by atoms with E-state index in [2.05, 4.69) is 11.8 Å². The number of nitrogens with two attached hydrogens (primary N) is 2. The molecule has 5 unspecified atom stereocenters. The number of rotatable bonds is 10. The van der Waals surface area contributed by atoms with Crippen molar-refractivity contribution in [1.29, 1.82) is 0 Å². The van der Waals surface area contributed by atoms with Crippen molar-refractivity contribution in [3.8, 4) is 0 Å². The Morgan fingerprint density at radius 2 is 1.79 bits per heavy atom. The van der Waals surface area contributed by atoms with Crippen molar-refractivity contribution >= 4 is 5.91 Å².